The lowest BCUT2D eigenvalue weighted by Gasteiger charge is -2.24. The summed E-state index contributed by atoms with van der Waals surface area (Å²) in [7, 11) is 0. The fourth-order valence-corrected chi connectivity index (χ4v) is 2.66. The van der Waals surface area contributed by atoms with E-state index in [1.807, 2.05) is 13.8 Å². The third-order valence-electron chi connectivity index (χ3n) is 2.95. The molecular formula is C11H16BrF6NO. The SMILES string of the molecule is CCC(CC)C(Br)CNC(=O)C(C(F)(F)F)C(F)(F)F. The van der Waals surface area contributed by atoms with Crippen molar-refractivity contribution in [3.63, 3.8) is 0 Å². The van der Waals surface area contributed by atoms with Gasteiger partial charge in [0.2, 0.25) is 11.8 Å². The highest BCUT2D eigenvalue weighted by atomic mass is 79.9. The zero-order valence-electron chi connectivity index (χ0n) is 10.9. The molecular weight excluding hydrogens is 356 g/mol. The van der Waals surface area contributed by atoms with Gasteiger partial charge in [0.15, 0.2) is 0 Å². The Hall–Kier alpha value is -0.470. The van der Waals surface area contributed by atoms with E-state index in [-0.39, 0.29) is 17.3 Å². The lowest BCUT2D eigenvalue weighted by atomic mass is 9.99. The second-order valence-corrected chi connectivity index (χ2v) is 5.53. The summed E-state index contributed by atoms with van der Waals surface area (Å²) in [6.45, 7) is 3.41. The molecule has 0 aliphatic heterocycles. The van der Waals surface area contributed by atoms with Crippen molar-refractivity contribution in [2.75, 3.05) is 6.54 Å². The van der Waals surface area contributed by atoms with Crippen LogP contribution >= 0.6 is 15.9 Å². The smallest absolute Gasteiger partial charge is 0.354 e. The van der Waals surface area contributed by atoms with Gasteiger partial charge in [-0.1, -0.05) is 42.6 Å². The molecule has 0 bridgehead atoms. The van der Waals surface area contributed by atoms with Gasteiger partial charge in [0.25, 0.3) is 0 Å². The summed E-state index contributed by atoms with van der Waals surface area (Å²) < 4.78 is 73.7. The first-order chi connectivity index (χ1) is 8.95. The molecule has 0 rings (SSSR count). The minimum absolute atomic E-state index is 0.0607. The Labute approximate surface area is 121 Å². The molecule has 0 aliphatic rings. The molecule has 1 unspecified atom stereocenters. The van der Waals surface area contributed by atoms with Gasteiger partial charge in [-0.2, -0.15) is 26.3 Å². The Balaban J connectivity index is 4.73. The monoisotopic (exact) mass is 371 g/mol. The third-order valence-corrected chi connectivity index (χ3v) is 4.02. The summed E-state index contributed by atoms with van der Waals surface area (Å²) in [4.78, 5) is 10.8. The van der Waals surface area contributed by atoms with E-state index >= 15 is 0 Å². The van der Waals surface area contributed by atoms with Crippen molar-refractivity contribution >= 4 is 21.8 Å². The predicted molar refractivity (Wildman–Crippen MR) is 65.4 cm³/mol. The van der Waals surface area contributed by atoms with Crippen LogP contribution < -0.4 is 5.32 Å². The number of hydrogen-bond acceptors (Lipinski definition) is 1. The number of amides is 1. The highest BCUT2D eigenvalue weighted by molar-refractivity contribution is 9.09. The summed E-state index contributed by atoms with van der Waals surface area (Å²) >= 11 is 3.17. The van der Waals surface area contributed by atoms with E-state index in [0.29, 0.717) is 12.8 Å². The molecule has 0 heterocycles. The van der Waals surface area contributed by atoms with Gasteiger partial charge in [0, 0.05) is 11.4 Å². The predicted octanol–water partition coefficient (Wildman–Crippen LogP) is 4.04. The molecule has 0 aromatic rings. The van der Waals surface area contributed by atoms with E-state index in [1.165, 1.54) is 0 Å². The van der Waals surface area contributed by atoms with E-state index in [4.69, 9.17) is 0 Å². The number of carbonyl (C=O) groups excluding carboxylic acids is 1. The van der Waals surface area contributed by atoms with Crippen LogP contribution in [-0.4, -0.2) is 29.6 Å². The molecule has 0 aliphatic carbocycles. The minimum Gasteiger partial charge on any atom is -0.354 e. The van der Waals surface area contributed by atoms with Gasteiger partial charge < -0.3 is 5.32 Å². The largest absolute Gasteiger partial charge is 0.409 e. The lowest BCUT2D eigenvalue weighted by Crippen LogP contribution is -2.49. The van der Waals surface area contributed by atoms with Crippen LogP contribution in [0.25, 0.3) is 0 Å². The third kappa shape index (κ3) is 5.88. The standard InChI is InChI=1S/C11H16BrF6NO/c1-3-6(4-2)7(12)5-19-9(20)8(10(13,14)15)11(16,17)18/h6-8H,3-5H2,1-2H3,(H,19,20). The van der Waals surface area contributed by atoms with Gasteiger partial charge in [-0.05, 0) is 5.92 Å². The zero-order chi connectivity index (χ0) is 16.1. The topological polar surface area (TPSA) is 29.1 Å². The Morgan fingerprint density at radius 3 is 1.75 bits per heavy atom. The van der Waals surface area contributed by atoms with Crippen LogP contribution in [0.2, 0.25) is 0 Å². The van der Waals surface area contributed by atoms with Crippen molar-refractivity contribution in [2.45, 2.75) is 43.9 Å². The number of nitrogens with one attached hydrogen (secondary N) is 1. The van der Waals surface area contributed by atoms with Gasteiger partial charge in [-0.3, -0.25) is 4.79 Å². The Morgan fingerprint density at radius 1 is 1.05 bits per heavy atom. The van der Waals surface area contributed by atoms with E-state index in [0.717, 1.165) is 0 Å². The number of alkyl halides is 7. The van der Waals surface area contributed by atoms with Crippen molar-refractivity contribution in [2.24, 2.45) is 11.8 Å². The first-order valence-electron chi connectivity index (χ1n) is 6.00. The van der Waals surface area contributed by atoms with E-state index < -0.39 is 24.2 Å². The molecule has 0 saturated carbocycles. The summed E-state index contributed by atoms with van der Waals surface area (Å²) in [5.41, 5.74) is 0. The van der Waals surface area contributed by atoms with Crippen LogP contribution in [0, 0.1) is 11.8 Å². The van der Waals surface area contributed by atoms with Crippen LogP contribution in [0.3, 0.4) is 0 Å². The molecule has 0 spiro atoms. The van der Waals surface area contributed by atoms with Crippen LogP contribution in [0.5, 0.6) is 0 Å². The van der Waals surface area contributed by atoms with Crippen LogP contribution in [0.1, 0.15) is 26.7 Å². The molecule has 1 N–H and O–H groups in total. The highest BCUT2D eigenvalue weighted by Gasteiger charge is 2.61. The van der Waals surface area contributed by atoms with Gasteiger partial charge in [0.1, 0.15) is 0 Å². The maximum absolute atomic E-state index is 12.3. The second-order valence-electron chi connectivity index (χ2n) is 4.35. The van der Waals surface area contributed by atoms with Gasteiger partial charge in [-0.15, -0.1) is 0 Å². The molecule has 0 aromatic carbocycles. The average Bonchev–Trinajstić information content (AvgIpc) is 2.24. The van der Waals surface area contributed by atoms with Crippen molar-refractivity contribution in [1.82, 2.24) is 5.32 Å². The minimum atomic E-state index is -5.65. The van der Waals surface area contributed by atoms with Crippen LogP contribution in [0.15, 0.2) is 0 Å². The first-order valence-corrected chi connectivity index (χ1v) is 6.91. The lowest BCUT2D eigenvalue weighted by molar-refractivity contribution is -0.274. The zero-order valence-corrected chi connectivity index (χ0v) is 12.5. The highest BCUT2D eigenvalue weighted by Crippen LogP contribution is 2.39. The van der Waals surface area contributed by atoms with Crippen molar-refractivity contribution in [3.8, 4) is 0 Å². The molecule has 120 valence electrons. The van der Waals surface area contributed by atoms with Crippen molar-refractivity contribution < 1.29 is 31.1 Å². The number of hydrogen-bond donors (Lipinski definition) is 1. The first kappa shape index (κ1) is 19.5. The maximum atomic E-state index is 12.3. The molecule has 0 radical (unpaired) electrons. The molecule has 0 saturated heterocycles. The number of rotatable bonds is 6. The summed E-state index contributed by atoms with van der Waals surface area (Å²) in [5, 5.41) is 1.72. The number of carbonyl (C=O) groups is 1. The summed E-state index contributed by atoms with van der Waals surface area (Å²) in [5.74, 6) is -6.00. The Kier molecular flexibility index (Phi) is 7.34. The van der Waals surface area contributed by atoms with Gasteiger partial charge in [-0.25, -0.2) is 0 Å². The Morgan fingerprint density at radius 2 is 1.45 bits per heavy atom. The van der Waals surface area contributed by atoms with Crippen molar-refractivity contribution in [3.05, 3.63) is 0 Å². The summed E-state index contributed by atoms with van der Waals surface area (Å²) in [6, 6.07) is 0. The van der Waals surface area contributed by atoms with E-state index in [1.54, 1.807) is 5.32 Å². The molecule has 9 heteroatoms. The molecule has 1 amide bonds. The van der Waals surface area contributed by atoms with E-state index in [9.17, 15) is 31.1 Å². The van der Waals surface area contributed by atoms with Crippen LogP contribution in [-0.2, 0) is 4.79 Å². The molecule has 20 heavy (non-hydrogen) atoms. The quantitative estimate of drug-likeness (QED) is 0.554. The van der Waals surface area contributed by atoms with E-state index in [2.05, 4.69) is 15.9 Å². The van der Waals surface area contributed by atoms with Gasteiger partial charge in [0.05, 0.1) is 0 Å². The molecule has 0 fully saturated rings. The van der Waals surface area contributed by atoms with Crippen molar-refractivity contribution in [1.29, 1.82) is 0 Å². The molecule has 1 atom stereocenters. The number of halogens is 7. The maximum Gasteiger partial charge on any atom is 0.409 e. The Bertz CT molecular complexity index is 299. The second kappa shape index (κ2) is 7.51. The fraction of sp³-hybridized carbons (Fsp3) is 0.909. The van der Waals surface area contributed by atoms with Crippen LogP contribution in [0.4, 0.5) is 26.3 Å². The summed E-state index contributed by atoms with van der Waals surface area (Å²) in [6.07, 6.45) is -9.91. The average molecular weight is 372 g/mol. The fourth-order valence-electron chi connectivity index (χ4n) is 1.75. The normalized spacial score (nSPS) is 14.8. The molecule has 2 nitrogen and oxygen atoms in total. The molecule has 0 aromatic heterocycles. The van der Waals surface area contributed by atoms with Gasteiger partial charge >= 0.3 is 12.4 Å².